The fourth-order valence-corrected chi connectivity index (χ4v) is 6.51. The molecule has 0 aliphatic carbocycles. The summed E-state index contributed by atoms with van der Waals surface area (Å²) in [4.78, 5) is 16.6. The molecule has 0 radical (unpaired) electrons. The van der Waals surface area contributed by atoms with Crippen molar-refractivity contribution in [2.45, 2.75) is 44.6 Å². The van der Waals surface area contributed by atoms with Gasteiger partial charge in [-0.05, 0) is 73.4 Å². The van der Waals surface area contributed by atoms with E-state index in [9.17, 15) is 13.2 Å². The number of benzene rings is 1. The molecule has 2 aromatic rings. The van der Waals surface area contributed by atoms with E-state index in [4.69, 9.17) is 0 Å². The summed E-state index contributed by atoms with van der Waals surface area (Å²) < 4.78 is 27.5. The number of hydrogen-bond acceptors (Lipinski definition) is 4. The number of sulfonamides is 1. The van der Waals surface area contributed by atoms with Crippen LogP contribution in [-0.2, 0) is 27.8 Å². The minimum Gasteiger partial charge on any atom is -0.338 e. The van der Waals surface area contributed by atoms with Crippen LogP contribution in [0.15, 0.2) is 34.5 Å². The normalized spacial score (nSPS) is 18.9. The van der Waals surface area contributed by atoms with Crippen molar-refractivity contribution in [3.05, 3.63) is 51.2 Å². The predicted octanol–water partition coefficient (Wildman–Crippen LogP) is 3.35. The second-order valence-electron chi connectivity index (χ2n) is 7.80. The van der Waals surface area contributed by atoms with Crippen LogP contribution in [0.25, 0.3) is 0 Å². The first-order chi connectivity index (χ1) is 13.4. The summed E-state index contributed by atoms with van der Waals surface area (Å²) in [6.07, 6.45) is 2.12. The summed E-state index contributed by atoms with van der Waals surface area (Å²) in [5.74, 6) is 0.103. The van der Waals surface area contributed by atoms with Gasteiger partial charge in [0.1, 0.15) is 0 Å². The molecule has 0 saturated carbocycles. The predicted molar refractivity (Wildman–Crippen MR) is 111 cm³/mol. The van der Waals surface area contributed by atoms with Gasteiger partial charge in [-0.1, -0.05) is 6.07 Å². The first-order valence-electron chi connectivity index (χ1n) is 9.77. The lowest BCUT2D eigenvalue weighted by Crippen LogP contribution is -2.45. The van der Waals surface area contributed by atoms with Crippen molar-refractivity contribution in [2.24, 2.45) is 5.92 Å². The molecular weight excluding hydrogens is 392 g/mol. The van der Waals surface area contributed by atoms with Gasteiger partial charge in [0, 0.05) is 37.0 Å². The molecule has 0 unspecified atom stereocenters. The van der Waals surface area contributed by atoms with Gasteiger partial charge in [-0.15, -0.1) is 11.3 Å². The van der Waals surface area contributed by atoms with Crippen LogP contribution in [0.4, 0.5) is 0 Å². The summed E-state index contributed by atoms with van der Waals surface area (Å²) in [6.45, 7) is 6.18. The highest BCUT2D eigenvalue weighted by atomic mass is 32.2. The van der Waals surface area contributed by atoms with Crippen LogP contribution in [0.2, 0.25) is 0 Å². The molecule has 1 saturated heterocycles. The number of piperidine rings is 1. The molecule has 2 aliphatic heterocycles. The zero-order valence-corrected chi connectivity index (χ0v) is 18.0. The lowest BCUT2D eigenvalue weighted by atomic mass is 9.95. The molecule has 7 heteroatoms. The number of aryl methyl sites for hydroxylation is 2. The quantitative estimate of drug-likeness (QED) is 0.768. The van der Waals surface area contributed by atoms with Crippen molar-refractivity contribution in [3.8, 4) is 0 Å². The number of hydrogen-bond donors (Lipinski definition) is 0. The zero-order valence-electron chi connectivity index (χ0n) is 16.3. The Morgan fingerprint density at radius 3 is 2.54 bits per heavy atom. The summed E-state index contributed by atoms with van der Waals surface area (Å²) in [5.41, 5.74) is 3.32. The van der Waals surface area contributed by atoms with Crippen LogP contribution in [0.5, 0.6) is 0 Å². The number of rotatable bonds is 3. The molecule has 1 fully saturated rings. The molecule has 1 aromatic heterocycles. The number of thiophene rings is 1. The lowest BCUT2D eigenvalue weighted by Gasteiger charge is -2.35. The number of fused-ring (bicyclic) bond motifs is 1. The highest BCUT2D eigenvalue weighted by Crippen LogP contribution is 2.29. The third kappa shape index (κ3) is 3.63. The Kier molecular flexibility index (Phi) is 5.33. The van der Waals surface area contributed by atoms with Gasteiger partial charge in [-0.2, -0.15) is 4.31 Å². The summed E-state index contributed by atoms with van der Waals surface area (Å²) >= 11 is 1.77. The Balaban J connectivity index is 1.40. The lowest BCUT2D eigenvalue weighted by molar-refractivity contribution is -0.137. The van der Waals surface area contributed by atoms with Crippen molar-refractivity contribution in [1.82, 2.24) is 9.21 Å². The number of carbonyl (C=O) groups excluding carboxylic acids is 1. The standard InChI is InChI=1S/C21H26N2O3S2/c1-15-3-4-19(13-16(15)2)28(25,26)23-10-5-17(6-11-23)21(24)22-9-7-20-18(14-22)8-12-27-20/h3-4,8,12-13,17H,5-7,9-11,14H2,1-2H3. The molecule has 0 N–H and O–H groups in total. The van der Waals surface area contributed by atoms with Crippen molar-refractivity contribution in [3.63, 3.8) is 0 Å². The second-order valence-corrected chi connectivity index (χ2v) is 10.7. The summed E-state index contributed by atoms with van der Waals surface area (Å²) in [6, 6.07) is 7.39. The fraction of sp³-hybridized carbons (Fsp3) is 0.476. The van der Waals surface area contributed by atoms with Gasteiger partial charge >= 0.3 is 0 Å². The smallest absolute Gasteiger partial charge is 0.243 e. The van der Waals surface area contributed by atoms with E-state index < -0.39 is 10.0 Å². The Labute approximate surface area is 171 Å². The number of amides is 1. The van der Waals surface area contributed by atoms with E-state index in [1.165, 1.54) is 14.7 Å². The van der Waals surface area contributed by atoms with Gasteiger partial charge in [-0.3, -0.25) is 4.79 Å². The number of carbonyl (C=O) groups is 1. The van der Waals surface area contributed by atoms with E-state index in [2.05, 4.69) is 11.4 Å². The number of nitrogens with zero attached hydrogens (tertiary/aromatic N) is 2. The topological polar surface area (TPSA) is 57.7 Å². The van der Waals surface area contributed by atoms with E-state index in [1.54, 1.807) is 23.5 Å². The van der Waals surface area contributed by atoms with Gasteiger partial charge in [0.15, 0.2) is 0 Å². The molecular formula is C21H26N2O3S2. The second kappa shape index (κ2) is 7.61. The van der Waals surface area contributed by atoms with Crippen molar-refractivity contribution in [2.75, 3.05) is 19.6 Å². The van der Waals surface area contributed by atoms with E-state index in [-0.39, 0.29) is 11.8 Å². The Bertz CT molecular complexity index is 989. The van der Waals surface area contributed by atoms with Crippen LogP contribution in [-0.4, -0.2) is 43.2 Å². The van der Waals surface area contributed by atoms with E-state index >= 15 is 0 Å². The molecule has 1 aromatic carbocycles. The Morgan fingerprint density at radius 2 is 1.82 bits per heavy atom. The van der Waals surface area contributed by atoms with Crippen molar-refractivity contribution < 1.29 is 13.2 Å². The molecule has 150 valence electrons. The summed E-state index contributed by atoms with van der Waals surface area (Å²) in [5, 5.41) is 2.09. The van der Waals surface area contributed by atoms with E-state index in [1.807, 2.05) is 24.8 Å². The molecule has 28 heavy (non-hydrogen) atoms. The van der Waals surface area contributed by atoms with Crippen LogP contribution in [0, 0.1) is 19.8 Å². The van der Waals surface area contributed by atoms with Gasteiger partial charge in [0.25, 0.3) is 0 Å². The molecule has 0 bridgehead atoms. The largest absolute Gasteiger partial charge is 0.338 e. The van der Waals surface area contributed by atoms with Gasteiger partial charge in [0.2, 0.25) is 15.9 Å². The van der Waals surface area contributed by atoms with Crippen molar-refractivity contribution >= 4 is 27.3 Å². The molecule has 0 spiro atoms. The average molecular weight is 419 g/mol. The molecule has 5 nitrogen and oxygen atoms in total. The minimum atomic E-state index is -3.50. The van der Waals surface area contributed by atoms with E-state index in [0.29, 0.717) is 37.4 Å². The van der Waals surface area contributed by atoms with Crippen molar-refractivity contribution in [1.29, 1.82) is 0 Å². The van der Waals surface area contributed by atoms with Crippen LogP contribution < -0.4 is 0 Å². The van der Waals surface area contributed by atoms with Crippen LogP contribution in [0.1, 0.15) is 34.4 Å². The maximum atomic E-state index is 13.0. The van der Waals surface area contributed by atoms with E-state index in [0.717, 1.165) is 24.1 Å². The highest BCUT2D eigenvalue weighted by Gasteiger charge is 2.34. The summed E-state index contributed by atoms with van der Waals surface area (Å²) in [7, 11) is -3.50. The first kappa shape index (κ1) is 19.6. The minimum absolute atomic E-state index is 0.0774. The van der Waals surface area contributed by atoms with Gasteiger partial charge in [0.05, 0.1) is 4.90 Å². The first-order valence-corrected chi connectivity index (χ1v) is 12.1. The van der Waals surface area contributed by atoms with Crippen LogP contribution in [0.3, 0.4) is 0 Å². The third-order valence-electron chi connectivity index (χ3n) is 6.04. The molecule has 1 amide bonds. The zero-order chi connectivity index (χ0) is 19.9. The average Bonchev–Trinajstić information content (AvgIpc) is 3.17. The maximum absolute atomic E-state index is 13.0. The molecule has 2 aliphatic rings. The SMILES string of the molecule is Cc1ccc(S(=O)(=O)N2CCC(C(=O)N3CCc4sccc4C3)CC2)cc1C. The van der Waals surface area contributed by atoms with Crippen LogP contribution >= 0.6 is 11.3 Å². The monoisotopic (exact) mass is 418 g/mol. The molecule has 3 heterocycles. The van der Waals surface area contributed by atoms with Gasteiger partial charge in [-0.25, -0.2) is 8.42 Å². The Hall–Kier alpha value is -1.70. The maximum Gasteiger partial charge on any atom is 0.243 e. The van der Waals surface area contributed by atoms with Gasteiger partial charge < -0.3 is 4.90 Å². The molecule has 4 rings (SSSR count). The molecule has 0 atom stereocenters. The highest BCUT2D eigenvalue weighted by molar-refractivity contribution is 7.89. The Morgan fingerprint density at radius 1 is 1.07 bits per heavy atom. The fourth-order valence-electron chi connectivity index (χ4n) is 4.06. The third-order valence-corrected chi connectivity index (χ3v) is 8.96.